The first kappa shape index (κ1) is 15.7. The fourth-order valence-corrected chi connectivity index (χ4v) is 1.55. The van der Waals surface area contributed by atoms with Crippen molar-refractivity contribution < 1.29 is 9.47 Å². The smallest absolute Gasteiger partial charge is 0.0718 e. The van der Waals surface area contributed by atoms with Crippen molar-refractivity contribution in [2.45, 2.75) is 26.4 Å². The molecule has 3 heteroatoms. The van der Waals surface area contributed by atoms with Gasteiger partial charge in [0, 0.05) is 12.2 Å². The molecule has 0 spiro atoms. The number of nitrogens with two attached hydrogens (primary N) is 1. The maximum Gasteiger partial charge on any atom is 0.0718 e. The zero-order valence-electron chi connectivity index (χ0n) is 11.7. The van der Waals surface area contributed by atoms with Gasteiger partial charge in [-0.3, -0.25) is 0 Å². The van der Waals surface area contributed by atoms with Crippen LogP contribution in [-0.4, -0.2) is 26.4 Å². The van der Waals surface area contributed by atoms with Crippen molar-refractivity contribution in [3.63, 3.8) is 0 Å². The Labute approximate surface area is 116 Å². The van der Waals surface area contributed by atoms with Crippen LogP contribution in [0.5, 0.6) is 0 Å². The summed E-state index contributed by atoms with van der Waals surface area (Å²) in [4.78, 5) is 0. The molecule has 0 aliphatic rings. The lowest BCUT2D eigenvalue weighted by atomic mass is 10.1. The van der Waals surface area contributed by atoms with E-state index in [0.29, 0.717) is 26.4 Å². The topological polar surface area (TPSA) is 44.5 Å². The zero-order chi connectivity index (χ0) is 13.8. The van der Waals surface area contributed by atoms with Crippen LogP contribution in [0.15, 0.2) is 24.3 Å². The number of rotatable bonds is 8. The molecule has 1 rings (SSSR count). The third-order valence-corrected chi connectivity index (χ3v) is 2.54. The SMILES string of the molecule is CCCCOCCOCc1cccc(C#CCN)c1. The van der Waals surface area contributed by atoms with Gasteiger partial charge in [0.2, 0.25) is 0 Å². The van der Waals surface area contributed by atoms with E-state index in [2.05, 4.69) is 18.8 Å². The van der Waals surface area contributed by atoms with Gasteiger partial charge in [-0.05, 0) is 24.1 Å². The zero-order valence-corrected chi connectivity index (χ0v) is 11.7. The first-order valence-corrected chi connectivity index (χ1v) is 6.80. The molecule has 0 bridgehead atoms. The van der Waals surface area contributed by atoms with Gasteiger partial charge in [-0.1, -0.05) is 37.3 Å². The Morgan fingerprint density at radius 1 is 1.16 bits per heavy atom. The van der Waals surface area contributed by atoms with E-state index in [0.717, 1.165) is 30.6 Å². The van der Waals surface area contributed by atoms with Gasteiger partial charge in [0.1, 0.15) is 0 Å². The summed E-state index contributed by atoms with van der Waals surface area (Å²) in [5.74, 6) is 5.86. The second kappa shape index (κ2) is 10.6. The van der Waals surface area contributed by atoms with Crippen LogP contribution in [0.25, 0.3) is 0 Å². The first-order chi connectivity index (χ1) is 9.36. The molecule has 0 aromatic heterocycles. The monoisotopic (exact) mass is 261 g/mol. The molecule has 104 valence electrons. The fraction of sp³-hybridized carbons (Fsp3) is 0.500. The number of ether oxygens (including phenoxy) is 2. The summed E-state index contributed by atoms with van der Waals surface area (Å²) < 4.78 is 11.0. The second-order valence-electron chi connectivity index (χ2n) is 4.22. The van der Waals surface area contributed by atoms with E-state index in [-0.39, 0.29) is 0 Å². The van der Waals surface area contributed by atoms with E-state index in [4.69, 9.17) is 15.2 Å². The van der Waals surface area contributed by atoms with E-state index < -0.39 is 0 Å². The van der Waals surface area contributed by atoms with E-state index in [1.165, 1.54) is 0 Å². The van der Waals surface area contributed by atoms with Crippen molar-refractivity contribution in [2.75, 3.05) is 26.4 Å². The van der Waals surface area contributed by atoms with Crippen LogP contribution in [0.2, 0.25) is 0 Å². The molecule has 0 atom stereocenters. The van der Waals surface area contributed by atoms with Crippen LogP contribution in [0.3, 0.4) is 0 Å². The molecule has 1 aromatic rings. The second-order valence-corrected chi connectivity index (χ2v) is 4.22. The van der Waals surface area contributed by atoms with Gasteiger partial charge in [0.15, 0.2) is 0 Å². The summed E-state index contributed by atoms with van der Waals surface area (Å²) in [6.45, 7) is 5.24. The standard InChI is InChI=1S/C16H23NO2/c1-2-3-10-18-11-12-19-14-16-7-4-6-15(13-16)8-5-9-17/h4,6-7,13H,2-3,9-12,14,17H2,1H3. The fourth-order valence-electron chi connectivity index (χ4n) is 1.55. The molecule has 19 heavy (non-hydrogen) atoms. The summed E-state index contributed by atoms with van der Waals surface area (Å²) in [6, 6.07) is 8.02. The van der Waals surface area contributed by atoms with Gasteiger partial charge in [0.25, 0.3) is 0 Å². The van der Waals surface area contributed by atoms with E-state index in [1.807, 2.05) is 24.3 Å². The lowest BCUT2D eigenvalue weighted by Gasteiger charge is -2.06. The highest BCUT2D eigenvalue weighted by Crippen LogP contribution is 2.05. The third kappa shape index (κ3) is 7.63. The van der Waals surface area contributed by atoms with Gasteiger partial charge in [0.05, 0.1) is 26.4 Å². The molecule has 0 radical (unpaired) electrons. The van der Waals surface area contributed by atoms with Gasteiger partial charge in [-0.15, -0.1) is 0 Å². The molecule has 1 aromatic carbocycles. The molecule has 3 nitrogen and oxygen atoms in total. The summed E-state index contributed by atoms with van der Waals surface area (Å²) in [6.07, 6.45) is 2.28. The molecule has 0 fully saturated rings. The predicted molar refractivity (Wildman–Crippen MR) is 77.8 cm³/mol. The average Bonchev–Trinajstić information content (AvgIpc) is 2.44. The highest BCUT2D eigenvalue weighted by molar-refractivity contribution is 5.37. The Kier molecular flexibility index (Phi) is 8.74. The van der Waals surface area contributed by atoms with Crippen molar-refractivity contribution in [1.82, 2.24) is 0 Å². The van der Waals surface area contributed by atoms with Crippen molar-refractivity contribution >= 4 is 0 Å². The minimum absolute atomic E-state index is 0.385. The molecule has 0 heterocycles. The maximum atomic E-state index is 5.56. The van der Waals surface area contributed by atoms with Crippen LogP contribution in [-0.2, 0) is 16.1 Å². The number of hydrogen-bond acceptors (Lipinski definition) is 3. The summed E-state index contributed by atoms with van der Waals surface area (Å²) in [5, 5.41) is 0. The van der Waals surface area contributed by atoms with Crippen LogP contribution in [0, 0.1) is 11.8 Å². The molecule has 2 N–H and O–H groups in total. The average molecular weight is 261 g/mol. The molecule has 0 saturated heterocycles. The molecule has 0 aliphatic heterocycles. The van der Waals surface area contributed by atoms with Gasteiger partial charge in [-0.2, -0.15) is 0 Å². The van der Waals surface area contributed by atoms with Crippen molar-refractivity contribution in [3.05, 3.63) is 35.4 Å². The van der Waals surface area contributed by atoms with E-state index >= 15 is 0 Å². The van der Waals surface area contributed by atoms with E-state index in [9.17, 15) is 0 Å². The number of unbranched alkanes of at least 4 members (excludes halogenated alkanes) is 1. The largest absolute Gasteiger partial charge is 0.379 e. The first-order valence-electron chi connectivity index (χ1n) is 6.80. The Morgan fingerprint density at radius 2 is 2.00 bits per heavy atom. The Hall–Kier alpha value is -1.34. The lowest BCUT2D eigenvalue weighted by Crippen LogP contribution is -2.05. The van der Waals surface area contributed by atoms with Crippen LogP contribution in [0.4, 0.5) is 0 Å². The van der Waals surface area contributed by atoms with Gasteiger partial charge in [-0.25, -0.2) is 0 Å². The summed E-state index contributed by atoms with van der Waals surface area (Å²) >= 11 is 0. The molecular formula is C16H23NO2. The molecule has 0 unspecified atom stereocenters. The van der Waals surface area contributed by atoms with Crippen molar-refractivity contribution in [1.29, 1.82) is 0 Å². The van der Waals surface area contributed by atoms with E-state index in [1.54, 1.807) is 0 Å². The van der Waals surface area contributed by atoms with Crippen LogP contribution in [0.1, 0.15) is 30.9 Å². The van der Waals surface area contributed by atoms with Crippen LogP contribution < -0.4 is 5.73 Å². The Morgan fingerprint density at radius 3 is 2.79 bits per heavy atom. The third-order valence-electron chi connectivity index (χ3n) is 2.54. The highest BCUT2D eigenvalue weighted by Gasteiger charge is 1.95. The van der Waals surface area contributed by atoms with Crippen LogP contribution >= 0.6 is 0 Å². The van der Waals surface area contributed by atoms with Crippen molar-refractivity contribution in [3.8, 4) is 11.8 Å². The quantitative estimate of drug-likeness (QED) is 0.577. The Bertz CT molecular complexity index is 407. The summed E-state index contributed by atoms with van der Waals surface area (Å²) in [5.41, 5.74) is 7.45. The van der Waals surface area contributed by atoms with Gasteiger partial charge >= 0.3 is 0 Å². The molecule has 0 saturated carbocycles. The normalized spacial score (nSPS) is 10.0. The number of benzene rings is 1. The predicted octanol–water partition coefficient (Wildman–Crippen LogP) is 2.33. The molecule has 0 aliphatic carbocycles. The minimum atomic E-state index is 0.385. The maximum absolute atomic E-state index is 5.56. The van der Waals surface area contributed by atoms with Gasteiger partial charge < -0.3 is 15.2 Å². The Balaban J connectivity index is 2.22. The minimum Gasteiger partial charge on any atom is -0.379 e. The molecule has 0 amide bonds. The molecular weight excluding hydrogens is 238 g/mol. The highest BCUT2D eigenvalue weighted by atomic mass is 16.5. The number of hydrogen-bond donors (Lipinski definition) is 1. The lowest BCUT2D eigenvalue weighted by molar-refractivity contribution is 0.0397. The van der Waals surface area contributed by atoms with Crippen molar-refractivity contribution in [2.24, 2.45) is 5.73 Å². The summed E-state index contributed by atoms with van der Waals surface area (Å²) in [7, 11) is 0.